The van der Waals surface area contributed by atoms with Crippen LogP contribution in [0.2, 0.25) is 0 Å². The molecule has 0 unspecified atom stereocenters. The fourth-order valence-corrected chi connectivity index (χ4v) is 4.15. The summed E-state index contributed by atoms with van der Waals surface area (Å²) in [5, 5.41) is 0.894. The lowest BCUT2D eigenvalue weighted by atomic mass is 10.1. The van der Waals surface area contributed by atoms with Gasteiger partial charge in [0, 0.05) is 29.2 Å². The number of nitrogens with zero attached hydrogens (tertiary/aromatic N) is 1. The summed E-state index contributed by atoms with van der Waals surface area (Å²) in [5.74, 6) is 0.650. The zero-order valence-corrected chi connectivity index (χ0v) is 15.3. The summed E-state index contributed by atoms with van der Waals surface area (Å²) in [5.41, 5.74) is 7.40. The number of nitrogen functional groups attached to an aromatic ring is 1. The van der Waals surface area contributed by atoms with Gasteiger partial charge in [0.1, 0.15) is 15.5 Å². The quantitative estimate of drug-likeness (QED) is 0.422. The third-order valence-electron chi connectivity index (χ3n) is 4.72. The van der Waals surface area contributed by atoms with E-state index < -0.39 is 5.97 Å². The Hall–Kier alpha value is -2.60. The van der Waals surface area contributed by atoms with E-state index in [1.807, 2.05) is 6.92 Å². The van der Waals surface area contributed by atoms with Crippen LogP contribution in [0.3, 0.4) is 0 Å². The maximum atomic E-state index is 12.7. The SMILES string of the molecule is CCc1c(N)cccc1OC(=O)c1cc2ccc(=O)n(CC3CC3)c2s1. The van der Waals surface area contributed by atoms with Crippen molar-refractivity contribution < 1.29 is 9.53 Å². The molecule has 2 heterocycles. The van der Waals surface area contributed by atoms with Crippen molar-refractivity contribution in [1.29, 1.82) is 0 Å². The van der Waals surface area contributed by atoms with E-state index in [1.165, 1.54) is 24.2 Å². The van der Waals surface area contributed by atoms with Gasteiger partial charge in [-0.05, 0) is 49.4 Å². The number of hydrogen-bond acceptors (Lipinski definition) is 5. The van der Waals surface area contributed by atoms with E-state index in [-0.39, 0.29) is 5.56 Å². The second kappa shape index (κ2) is 6.61. The van der Waals surface area contributed by atoms with E-state index >= 15 is 0 Å². The van der Waals surface area contributed by atoms with Crippen LogP contribution >= 0.6 is 11.3 Å². The van der Waals surface area contributed by atoms with Gasteiger partial charge in [0.15, 0.2) is 0 Å². The fourth-order valence-electron chi connectivity index (χ4n) is 3.12. The summed E-state index contributed by atoms with van der Waals surface area (Å²) in [4.78, 5) is 26.2. The number of nitrogens with two attached hydrogens (primary N) is 1. The first-order chi connectivity index (χ1) is 12.6. The van der Waals surface area contributed by atoms with Gasteiger partial charge in [-0.25, -0.2) is 4.79 Å². The predicted octanol–water partition coefficient (Wildman–Crippen LogP) is 3.84. The summed E-state index contributed by atoms with van der Waals surface area (Å²) in [6.45, 7) is 2.69. The zero-order chi connectivity index (χ0) is 18.3. The second-order valence-corrected chi connectivity index (χ2v) is 7.69. The number of carbonyl (C=O) groups excluding carboxylic acids is 1. The summed E-state index contributed by atoms with van der Waals surface area (Å²) in [6, 6.07) is 10.5. The van der Waals surface area contributed by atoms with Crippen LogP contribution in [0.4, 0.5) is 5.69 Å². The highest BCUT2D eigenvalue weighted by Gasteiger charge is 2.24. The lowest BCUT2D eigenvalue weighted by molar-refractivity contribution is 0.0738. The highest BCUT2D eigenvalue weighted by atomic mass is 32.1. The van der Waals surface area contributed by atoms with Crippen molar-refractivity contribution >= 4 is 33.2 Å². The van der Waals surface area contributed by atoms with Crippen LogP contribution in [0.5, 0.6) is 5.75 Å². The van der Waals surface area contributed by atoms with Gasteiger partial charge in [0.2, 0.25) is 0 Å². The number of benzene rings is 1. The number of anilines is 1. The normalized spacial score (nSPS) is 13.9. The molecule has 1 aromatic carbocycles. The molecule has 1 saturated carbocycles. The molecule has 0 spiro atoms. The summed E-state index contributed by atoms with van der Waals surface area (Å²) < 4.78 is 7.38. The Balaban J connectivity index is 1.67. The molecule has 0 radical (unpaired) electrons. The second-order valence-electron chi connectivity index (χ2n) is 6.66. The first-order valence-electron chi connectivity index (χ1n) is 8.79. The van der Waals surface area contributed by atoms with Crippen LogP contribution in [-0.2, 0) is 13.0 Å². The Kier molecular flexibility index (Phi) is 4.28. The van der Waals surface area contributed by atoms with Crippen molar-refractivity contribution in [3.05, 3.63) is 57.2 Å². The highest BCUT2D eigenvalue weighted by molar-refractivity contribution is 7.20. The molecular formula is C20H20N2O3S. The molecule has 1 aliphatic rings. The Morgan fingerprint density at radius 1 is 1.31 bits per heavy atom. The van der Waals surface area contributed by atoms with Crippen LogP contribution in [0.1, 0.15) is 35.0 Å². The molecule has 3 aromatic rings. The molecule has 6 heteroatoms. The molecule has 0 amide bonds. The monoisotopic (exact) mass is 368 g/mol. The maximum Gasteiger partial charge on any atom is 0.353 e. The maximum absolute atomic E-state index is 12.7. The van der Waals surface area contributed by atoms with Gasteiger partial charge in [-0.15, -0.1) is 11.3 Å². The van der Waals surface area contributed by atoms with Crippen molar-refractivity contribution in [2.75, 3.05) is 5.73 Å². The van der Waals surface area contributed by atoms with E-state index in [2.05, 4.69) is 0 Å². The van der Waals surface area contributed by atoms with Crippen molar-refractivity contribution in [1.82, 2.24) is 4.57 Å². The number of fused-ring (bicyclic) bond motifs is 1. The van der Waals surface area contributed by atoms with Gasteiger partial charge in [0.05, 0.1) is 0 Å². The van der Waals surface area contributed by atoms with E-state index in [0.29, 0.717) is 28.7 Å². The lowest BCUT2D eigenvalue weighted by Crippen LogP contribution is -2.19. The fraction of sp³-hybridized carbons (Fsp3) is 0.300. The third-order valence-corrected chi connectivity index (χ3v) is 5.88. The molecule has 1 fully saturated rings. The first-order valence-corrected chi connectivity index (χ1v) is 9.61. The van der Waals surface area contributed by atoms with E-state index in [0.717, 1.165) is 22.3 Å². The van der Waals surface area contributed by atoms with Gasteiger partial charge in [-0.2, -0.15) is 0 Å². The first kappa shape index (κ1) is 16.8. The standard InChI is InChI=1S/C20H20N2O3S/c1-2-14-15(21)4-3-5-16(14)25-20(24)17-10-13-8-9-18(23)22(19(13)26-17)11-12-6-7-12/h3-5,8-10,12H,2,6-7,11,21H2,1H3. The van der Waals surface area contributed by atoms with Crippen molar-refractivity contribution in [3.63, 3.8) is 0 Å². The predicted molar refractivity (Wildman–Crippen MR) is 104 cm³/mol. The van der Waals surface area contributed by atoms with Crippen molar-refractivity contribution in [2.45, 2.75) is 32.7 Å². The molecule has 1 aliphatic carbocycles. The number of ether oxygens (including phenoxy) is 1. The summed E-state index contributed by atoms with van der Waals surface area (Å²) in [6.07, 6.45) is 3.01. The summed E-state index contributed by atoms with van der Waals surface area (Å²) >= 11 is 1.31. The topological polar surface area (TPSA) is 74.3 Å². The number of thiophene rings is 1. The van der Waals surface area contributed by atoms with E-state index in [4.69, 9.17) is 10.5 Å². The average Bonchev–Trinajstić information content (AvgIpc) is 3.33. The van der Waals surface area contributed by atoms with Gasteiger partial charge in [-0.1, -0.05) is 13.0 Å². The van der Waals surface area contributed by atoms with Crippen molar-refractivity contribution in [2.24, 2.45) is 5.92 Å². The molecule has 2 aromatic heterocycles. The van der Waals surface area contributed by atoms with Crippen molar-refractivity contribution in [3.8, 4) is 5.75 Å². The number of esters is 1. The van der Waals surface area contributed by atoms with Gasteiger partial charge < -0.3 is 10.5 Å². The smallest absolute Gasteiger partial charge is 0.353 e. The number of pyridine rings is 1. The average molecular weight is 368 g/mol. The molecule has 0 saturated heterocycles. The molecule has 2 N–H and O–H groups in total. The van der Waals surface area contributed by atoms with Gasteiger partial charge >= 0.3 is 5.97 Å². The molecule has 134 valence electrons. The van der Waals surface area contributed by atoms with E-state index in [9.17, 15) is 9.59 Å². The zero-order valence-electron chi connectivity index (χ0n) is 14.5. The molecule has 0 aliphatic heterocycles. The van der Waals surface area contributed by atoms with Crippen LogP contribution in [0.15, 0.2) is 41.2 Å². The Bertz CT molecular complexity index is 1050. The van der Waals surface area contributed by atoms with Crippen LogP contribution in [0.25, 0.3) is 10.2 Å². The largest absolute Gasteiger partial charge is 0.422 e. The minimum atomic E-state index is -0.420. The van der Waals surface area contributed by atoms with Gasteiger partial charge in [-0.3, -0.25) is 9.36 Å². The van der Waals surface area contributed by atoms with E-state index in [1.54, 1.807) is 41.0 Å². The molecule has 26 heavy (non-hydrogen) atoms. The Labute approximate surface area is 155 Å². The summed E-state index contributed by atoms with van der Waals surface area (Å²) in [7, 11) is 0. The Morgan fingerprint density at radius 3 is 2.85 bits per heavy atom. The third kappa shape index (κ3) is 3.12. The lowest BCUT2D eigenvalue weighted by Gasteiger charge is -2.10. The minimum Gasteiger partial charge on any atom is -0.422 e. The van der Waals surface area contributed by atoms with Crippen LogP contribution in [-0.4, -0.2) is 10.5 Å². The molecule has 4 rings (SSSR count). The van der Waals surface area contributed by atoms with Crippen LogP contribution < -0.4 is 16.0 Å². The van der Waals surface area contributed by atoms with Gasteiger partial charge in [0.25, 0.3) is 5.56 Å². The van der Waals surface area contributed by atoms with Crippen LogP contribution in [0, 0.1) is 5.92 Å². The number of hydrogen-bond donors (Lipinski definition) is 1. The minimum absolute atomic E-state index is 0.0183. The highest BCUT2D eigenvalue weighted by Crippen LogP contribution is 2.33. The molecule has 5 nitrogen and oxygen atoms in total. The number of aromatic nitrogens is 1. The molecular weight excluding hydrogens is 348 g/mol. The number of carbonyl (C=O) groups is 1. The Morgan fingerprint density at radius 2 is 2.12 bits per heavy atom. The molecule has 0 atom stereocenters. The molecule has 0 bridgehead atoms. The number of rotatable bonds is 5.